The summed E-state index contributed by atoms with van der Waals surface area (Å²) in [5, 5.41) is 3.74. The molecule has 2 nitrogen and oxygen atoms in total. The van der Waals surface area contributed by atoms with E-state index in [1.165, 1.54) is 44.1 Å². The molecule has 0 aliphatic heterocycles. The second-order valence-electron chi connectivity index (χ2n) is 6.35. The predicted octanol–water partition coefficient (Wildman–Crippen LogP) is 4.19. The van der Waals surface area contributed by atoms with Crippen molar-refractivity contribution in [2.45, 2.75) is 64.0 Å². The Morgan fingerprint density at radius 2 is 1.86 bits per heavy atom. The highest BCUT2D eigenvalue weighted by molar-refractivity contribution is 5.16. The van der Waals surface area contributed by atoms with Crippen LogP contribution in [0.2, 0.25) is 0 Å². The number of hydrogen-bond acceptors (Lipinski definition) is 2. The van der Waals surface area contributed by atoms with Gasteiger partial charge in [-0.1, -0.05) is 56.5 Å². The maximum Gasteiger partial charge on any atom is 0.0755 e. The third-order valence-corrected chi connectivity index (χ3v) is 4.74. The molecule has 0 saturated heterocycles. The van der Waals surface area contributed by atoms with Gasteiger partial charge in [0.2, 0.25) is 0 Å². The van der Waals surface area contributed by atoms with Crippen molar-refractivity contribution in [3.05, 3.63) is 35.9 Å². The zero-order valence-electron chi connectivity index (χ0n) is 13.7. The van der Waals surface area contributed by atoms with Crippen molar-refractivity contribution in [2.75, 3.05) is 13.7 Å². The van der Waals surface area contributed by atoms with Gasteiger partial charge in [0, 0.05) is 13.2 Å². The topological polar surface area (TPSA) is 21.3 Å². The van der Waals surface area contributed by atoms with Crippen LogP contribution in [0, 0.1) is 5.92 Å². The molecule has 118 valence electrons. The van der Waals surface area contributed by atoms with Crippen molar-refractivity contribution in [3.8, 4) is 0 Å². The maximum absolute atomic E-state index is 5.96. The molecule has 2 heteroatoms. The molecule has 1 aliphatic carbocycles. The SMILES string of the molecule is CCCNC(Cc1ccccc1)C(OC)C1CCCCC1. The quantitative estimate of drug-likeness (QED) is 0.774. The van der Waals surface area contributed by atoms with Gasteiger partial charge in [0.1, 0.15) is 0 Å². The van der Waals surface area contributed by atoms with E-state index in [4.69, 9.17) is 4.74 Å². The summed E-state index contributed by atoms with van der Waals surface area (Å²) in [6.07, 6.45) is 9.39. The van der Waals surface area contributed by atoms with Gasteiger partial charge in [-0.05, 0) is 43.7 Å². The minimum atomic E-state index is 0.344. The molecule has 1 aromatic rings. The lowest BCUT2D eigenvalue weighted by atomic mass is 9.81. The van der Waals surface area contributed by atoms with E-state index in [0.717, 1.165) is 18.9 Å². The smallest absolute Gasteiger partial charge is 0.0755 e. The van der Waals surface area contributed by atoms with E-state index < -0.39 is 0 Å². The minimum absolute atomic E-state index is 0.344. The second kappa shape index (κ2) is 9.22. The first-order valence-electron chi connectivity index (χ1n) is 8.65. The molecule has 0 heterocycles. The van der Waals surface area contributed by atoms with Crippen molar-refractivity contribution in [2.24, 2.45) is 5.92 Å². The number of hydrogen-bond donors (Lipinski definition) is 1. The molecule has 0 radical (unpaired) electrons. The summed E-state index contributed by atoms with van der Waals surface area (Å²) in [6.45, 7) is 3.30. The molecule has 0 amide bonds. The number of nitrogens with one attached hydrogen (secondary N) is 1. The third-order valence-electron chi connectivity index (χ3n) is 4.74. The van der Waals surface area contributed by atoms with E-state index in [2.05, 4.69) is 42.6 Å². The van der Waals surface area contributed by atoms with Crippen LogP contribution in [0.25, 0.3) is 0 Å². The van der Waals surface area contributed by atoms with E-state index in [1.807, 2.05) is 7.11 Å². The van der Waals surface area contributed by atoms with Gasteiger partial charge in [-0.15, -0.1) is 0 Å². The van der Waals surface area contributed by atoms with E-state index in [0.29, 0.717) is 12.1 Å². The Morgan fingerprint density at radius 3 is 2.48 bits per heavy atom. The molecule has 1 aliphatic rings. The van der Waals surface area contributed by atoms with Crippen LogP contribution in [-0.4, -0.2) is 25.8 Å². The number of ether oxygens (including phenoxy) is 1. The fourth-order valence-electron chi connectivity index (χ4n) is 3.65. The molecule has 1 aromatic carbocycles. The van der Waals surface area contributed by atoms with Gasteiger partial charge in [0.05, 0.1) is 6.10 Å². The molecular weight excluding hydrogens is 258 g/mol. The normalized spacial score (nSPS) is 19.3. The van der Waals surface area contributed by atoms with Crippen LogP contribution < -0.4 is 5.32 Å². The van der Waals surface area contributed by atoms with Crippen LogP contribution in [0.3, 0.4) is 0 Å². The molecule has 2 unspecified atom stereocenters. The van der Waals surface area contributed by atoms with Crippen LogP contribution in [0.15, 0.2) is 30.3 Å². The van der Waals surface area contributed by atoms with E-state index in [-0.39, 0.29) is 0 Å². The molecule has 0 spiro atoms. The van der Waals surface area contributed by atoms with Gasteiger partial charge >= 0.3 is 0 Å². The van der Waals surface area contributed by atoms with Gasteiger partial charge in [-0.25, -0.2) is 0 Å². The summed E-state index contributed by atoms with van der Waals surface area (Å²) < 4.78 is 5.96. The molecule has 21 heavy (non-hydrogen) atoms. The Bertz CT molecular complexity index is 372. The predicted molar refractivity (Wildman–Crippen MR) is 89.6 cm³/mol. The lowest BCUT2D eigenvalue weighted by Crippen LogP contribution is -2.47. The second-order valence-corrected chi connectivity index (χ2v) is 6.35. The van der Waals surface area contributed by atoms with Gasteiger partial charge in [0.25, 0.3) is 0 Å². The highest BCUT2D eigenvalue weighted by Crippen LogP contribution is 2.30. The molecule has 1 fully saturated rings. The Labute approximate surface area is 130 Å². The molecule has 2 atom stereocenters. The van der Waals surface area contributed by atoms with Gasteiger partial charge in [-0.2, -0.15) is 0 Å². The van der Waals surface area contributed by atoms with Crippen LogP contribution in [-0.2, 0) is 11.2 Å². The average molecular weight is 289 g/mol. The first-order valence-corrected chi connectivity index (χ1v) is 8.65. The molecule has 2 rings (SSSR count). The van der Waals surface area contributed by atoms with E-state index in [1.54, 1.807) is 0 Å². The van der Waals surface area contributed by atoms with E-state index in [9.17, 15) is 0 Å². The Kier molecular flexibility index (Phi) is 7.25. The van der Waals surface area contributed by atoms with Crippen LogP contribution in [0.4, 0.5) is 0 Å². The minimum Gasteiger partial charge on any atom is -0.380 e. The lowest BCUT2D eigenvalue weighted by Gasteiger charge is -2.35. The molecule has 0 aromatic heterocycles. The number of benzene rings is 1. The Hall–Kier alpha value is -0.860. The summed E-state index contributed by atoms with van der Waals surface area (Å²) in [5.74, 6) is 0.724. The van der Waals surface area contributed by atoms with Crippen LogP contribution in [0.1, 0.15) is 51.0 Å². The molecule has 1 N–H and O–H groups in total. The van der Waals surface area contributed by atoms with E-state index >= 15 is 0 Å². The summed E-state index contributed by atoms with van der Waals surface area (Å²) in [5.41, 5.74) is 1.41. The van der Waals surface area contributed by atoms with Gasteiger partial charge in [0.15, 0.2) is 0 Å². The fourth-order valence-corrected chi connectivity index (χ4v) is 3.65. The van der Waals surface area contributed by atoms with Gasteiger partial charge in [-0.3, -0.25) is 0 Å². The summed E-state index contributed by atoms with van der Waals surface area (Å²) in [4.78, 5) is 0. The van der Waals surface area contributed by atoms with Crippen LogP contribution >= 0.6 is 0 Å². The fraction of sp³-hybridized carbons (Fsp3) is 0.684. The monoisotopic (exact) mass is 289 g/mol. The zero-order chi connectivity index (χ0) is 14.9. The molecular formula is C19H31NO. The molecule has 1 saturated carbocycles. The number of methoxy groups -OCH3 is 1. The van der Waals surface area contributed by atoms with Gasteiger partial charge < -0.3 is 10.1 Å². The summed E-state index contributed by atoms with van der Waals surface area (Å²) in [7, 11) is 1.89. The Morgan fingerprint density at radius 1 is 1.14 bits per heavy atom. The summed E-state index contributed by atoms with van der Waals surface area (Å²) in [6, 6.07) is 11.2. The summed E-state index contributed by atoms with van der Waals surface area (Å²) >= 11 is 0. The highest BCUT2D eigenvalue weighted by Gasteiger charge is 2.30. The van der Waals surface area contributed by atoms with Crippen molar-refractivity contribution in [1.82, 2.24) is 5.32 Å². The van der Waals surface area contributed by atoms with Crippen LogP contribution in [0.5, 0.6) is 0 Å². The van der Waals surface area contributed by atoms with Crippen molar-refractivity contribution >= 4 is 0 Å². The third kappa shape index (κ3) is 5.12. The largest absolute Gasteiger partial charge is 0.380 e. The first-order chi connectivity index (χ1) is 10.3. The maximum atomic E-state index is 5.96. The van der Waals surface area contributed by atoms with Crippen molar-refractivity contribution < 1.29 is 4.74 Å². The first kappa shape index (κ1) is 16.5. The van der Waals surface area contributed by atoms with Crippen molar-refractivity contribution in [1.29, 1.82) is 0 Å². The average Bonchev–Trinajstić information content (AvgIpc) is 2.55. The van der Waals surface area contributed by atoms with Crippen molar-refractivity contribution in [3.63, 3.8) is 0 Å². The standard InChI is InChI=1S/C19H31NO/c1-3-14-20-18(15-16-10-6-4-7-11-16)19(21-2)17-12-8-5-9-13-17/h4,6-7,10-11,17-20H,3,5,8-9,12-15H2,1-2H3. The highest BCUT2D eigenvalue weighted by atomic mass is 16.5. The lowest BCUT2D eigenvalue weighted by molar-refractivity contribution is 0.00834. The number of rotatable bonds is 8. The zero-order valence-corrected chi connectivity index (χ0v) is 13.7. The molecule has 0 bridgehead atoms. The Balaban J connectivity index is 2.04.